The van der Waals surface area contributed by atoms with E-state index in [1.54, 1.807) is 7.11 Å². The summed E-state index contributed by atoms with van der Waals surface area (Å²) in [4.78, 5) is 34.2. The maximum absolute atomic E-state index is 13.0. The quantitative estimate of drug-likeness (QED) is 0.677. The Kier molecular flexibility index (Phi) is 7.16. The van der Waals surface area contributed by atoms with E-state index in [-0.39, 0.29) is 5.69 Å². The summed E-state index contributed by atoms with van der Waals surface area (Å²) < 4.78 is 44.0. The molecular formula is C23H29F3N4O3. The summed E-state index contributed by atoms with van der Waals surface area (Å²) in [5.74, 6) is 0.0469. The number of amides is 1. The van der Waals surface area contributed by atoms with Crippen molar-refractivity contribution in [2.45, 2.75) is 39.4 Å². The number of hydrogen-bond acceptors (Lipinski definition) is 5. The molecule has 1 saturated heterocycles. The number of halogens is 3. The van der Waals surface area contributed by atoms with Crippen LogP contribution in [0.5, 0.6) is 0 Å². The zero-order chi connectivity index (χ0) is 24.4. The van der Waals surface area contributed by atoms with E-state index in [1.807, 2.05) is 25.7 Å². The maximum atomic E-state index is 13.0. The summed E-state index contributed by atoms with van der Waals surface area (Å²) in [6.45, 7) is 7.53. The zero-order valence-electron chi connectivity index (χ0n) is 19.1. The van der Waals surface area contributed by atoms with Gasteiger partial charge in [0.15, 0.2) is 0 Å². The summed E-state index contributed by atoms with van der Waals surface area (Å²) in [6.07, 6.45) is -3.56. The molecule has 1 aromatic carbocycles. The molecule has 3 rings (SSSR count). The van der Waals surface area contributed by atoms with Gasteiger partial charge in [-0.15, -0.1) is 0 Å². The Hall–Kier alpha value is -2.88. The van der Waals surface area contributed by atoms with Crippen LogP contribution in [0.4, 0.5) is 19.1 Å². The van der Waals surface area contributed by atoms with Gasteiger partial charge in [-0.25, -0.2) is 4.98 Å². The van der Waals surface area contributed by atoms with E-state index in [4.69, 9.17) is 4.74 Å². The molecule has 0 bridgehead atoms. The molecule has 2 unspecified atom stereocenters. The monoisotopic (exact) mass is 466 g/mol. The number of nitrogens with one attached hydrogen (secondary N) is 2. The average Bonchev–Trinajstić information content (AvgIpc) is 3.19. The lowest BCUT2D eigenvalue weighted by Gasteiger charge is -2.32. The van der Waals surface area contributed by atoms with E-state index in [2.05, 4.69) is 15.3 Å². The molecule has 2 N–H and O–H groups in total. The molecule has 0 spiro atoms. The SMILES string of the molecule is COCC1CCN(c2nc(C(=O)NC(c3ccc(C(F)(F)F)cc3)C(C)(C)C)cc(=O)[nH]2)C1. The van der Waals surface area contributed by atoms with Crippen LogP contribution >= 0.6 is 0 Å². The fraction of sp³-hybridized carbons (Fsp3) is 0.522. The van der Waals surface area contributed by atoms with Gasteiger partial charge in [-0.05, 0) is 29.5 Å². The van der Waals surface area contributed by atoms with E-state index in [9.17, 15) is 22.8 Å². The van der Waals surface area contributed by atoms with Gasteiger partial charge in [0.1, 0.15) is 5.69 Å². The van der Waals surface area contributed by atoms with E-state index < -0.39 is 34.7 Å². The van der Waals surface area contributed by atoms with Crippen LogP contribution in [0.2, 0.25) is 0 Å². The Balaban J connectivity index is 1.83. The second-order valence-electron chi connectivity index (χ2n) is 9.40. The molecule has 10 heteroatoms. The van der Waals surface area contributed by atoms with Crippen LogP contribution in [0.15, 0.2) is 35.1 Å². The first-order valence-electron chi connectivity index (χ1n) is 10.7. The topological polar surface area (TPSA) is 87.3 Å². The Labute approximate surface area is 190 Å². The molecule has 0 aliphatic carbocycles. The molecule has 1 aromatic heterocycles. The Morgan fingerprint density at radius 1 is 1.27 bits per heavy atom. The first-order chi connectivity index (χ1) is 15.4. The largest absolute Gasteiger partial charge is 0.416 e. The molecule has 2 aromatic rings. The van der Waals surface area contributed by atoms with E-state index in [1.165, 1.54) is 12.1 Å². The summed E-state index contributed by atoms with van der Waals surface area (Å²) >= 11 is 0. The highest BCUT2D eigenvalue weighted by Gasteiger charge is 2.33. The first kappa shape index (κ1) is 24.8. The molecule has 33 heavy (non-hydrogen) atoms. The van der Waals surface area contributed by atoms with Crippen LogP contribution in [0.25, 0.3) is 0 Å². The Morgan fingerprint density at radius 2 is 1.94 bits per heavy atom. The number of alkyl halides is 3. The minimum absolute atomic E-state index is 0.0508. The van der Waals surface area contributed by atoms with Gasteiger partial charge in [0.25, 0.3) is 11.5 Å². The lowest BCUT2D eigenvalue weighted by atomic mass is 9.82. The molecule has 1 aliphatic rings. The normalized spacial score (nSPS) is 17.8. The lowest BCUT2D eigenvalue weighted by Crippen LogP contribution is -2.38. The van der Waals surface area contributed by atoms with Crippen molar-refractivity contribution < 1.29 is 22.7 Å². The molecule has 1 aliphatic heterocycles. The van der Waals surface area contributed by atoms with Gasteiger partial charge >= 0.3 is 6.18 Å². The lowest BCUT2D eigenvalue weighted by molar-refractivity contribution is -0.137. The smallest absolute Gasteiger partial charge is 0.384 e. The van der Waals surface area contributed by atoms with Gasteiger partial charge in [-0.1, -0.05) is 32.9 Å². The number of ether oxygens (including phenoxy) is 1. The van der Waals surface area contributed by atoms with Gasteiger partial charge < -0.3 is 15.0 Å². The average molecular weight is 467 g/mol. The molecule has 0 radical (unpaired) electrons. The fourth-order valence-electron chi connectivity index (χ4n) is 3.98. The predicted molar refractivity (Wildman–Crippen MR) is 118 cm³/mol. The predicted octanol–water partition coefficient (Wildman–Crippen LogP) is 3.78. The summed E-state index contributed by atoms with van der Waals surface area (Å²) in [5, 5.41) is 2.85. The molecule has 0 saturated carbocycles. The first-order valence-corrected chi connectivity index (χ1v) is 10.7. The van der Waals surface area contributed by atoms with Crippen LogP contribution in [-0.4, -0.2) is 42.7 Å². The number of H-pyrrole nitrogens is 1. The molecule has 7 nitrogen and oxygen atoms in total. The third kappa shape index (κ3) is 6.13. The minimum atomic E-state index is -4.44. The van der Waals surface area contributed by atoms with Gasteiger partial charge in [-0.2, -0.15) is 13.2 Å². The summed E-state index contributed by atoms with van der Waals surface area (Å²) in [6, 6.07) is 5.22. The Bertz CT molecular complexity index is 1030. The molecule has 180 valence electrons. The molecular weight excluding hydrogens is 437 g/mol. The van der Waals surface area contributed by atoms with Gasteiger partial charge in [0.05, 0.1) is 18.2 Å². The van der Waals surface area contributed by atoms with Crippen LogP contribution in [-0.2, 0) is 10.9 Å². The molecule has 1 fully saturated rings. The van der Waals surface area contributed by atoms with Crippen LogP contribution in [0, 0.1) is 11.3 Å². The van der Waals surface area contributed by atoms with Crippen molar-refractivity contribution in [1.82, 2.24) is 15.3 Å². The maximum Gasteiger partial charge on any atom is 0.416 e. The highest BCUT2D eigenvalue weighted by molar-refractivity contribution is 5.92. The number of benzene rings is 1. The fourth-order valence-corrected chi connectivity index (χ4v) is 3.98. The number of rotatable bonds is 6. The third-order valence-corrected chi connectivity index (χ3v) is 5.66. The summed E-state index contributed by atoms with van der Waals surface area (Å²) in [7, 11) is 1.63. The van der Waals surface area contributed by atoms with Crippen molar-refractivity contribution in [1.29, 1.82) is 0 Å². The number of carbonyl (C=O) groups is 1. The number of carbonyl (C=O) groups excluding carboxylic acids is 1. The second kappa shape index (κ2) is 9.54. The van der Waals surface area contributed by atoms with Gasteiger partial charge in [0.2, 0.25) is 5.95 Å². The zero-order valence-corrected chi connectivity index (χ0v) is 19.1. The minimum Gasteiger partial charge on any atom is -0.384 e. The number of aromatic amines is 1. The van der Waals surface area contributed by atoms with Crippen LogP contribution in [0.1, 0.15) is 54.8 Å². The van der Waals surface area contributed by atoms with E-state index in [0.717, 1.165) is 24.6 Å². The second-order valence-corrected chi connectivity index (χ2v) is 9.40. The van der Waals surface area contributed by atoms with Crippen LogP contribution in [0.3, 0.4) is 0 Å². The van der Waals surface area contributed by atoms with Crippen molar-refractivity contribution in [2.24, 2.45) is 11.3 Å². The highest BCUT2D eigenvalue weighted by atomic mass is 19.4. The van der Waals surface area contributed by atoms with Crippen molar-refractivity contribution in [2.75, 3.05) is 31.7 Å². The van der Waals surface area contributed by atoms with Crippen molar-refractivity contribution in [3.63, 3.8) is 0 Å². The third-order valence-electron chi connectivity index (χ3n) is 5.66. The number of nitrogens with zero attached hydrogens (tertiary/aromatic N) is 2. The number of hydrogen-bond donors (Lipinski definition) is 2. The Morgan fingerprint density at radius 3 is 2.52 bits per heavy atom. The van der Waals surface area contributed by atoms with Gasteiger partial charge in [-0.3, -0.25) is 14.6 Å². The number of methoxy groups -OCH3 is 1. The highest BCUT2D eigenvalue weighted by Crippen LogP contribution is 2.35. The standard InChI is InChI=1S/C23H29F3N4O3/c1-22(2,3)19(15-5-7-16(8-6-15)23(24,25)26)29-20(32)17-11-18(31)28-21(27-17)30-10-9-14(12-30)13-33-4/h5-8,11,14,19H,9-10,12-13H2,1-4H3,(H,29,32)(H,27,28,31). The van der Waals surface area contributed by atoms with E-state index in [0.29, 0.717) is 37.1 Å². The number of anilines is 1. The summed E-state index contributed by atoms with van der Waals surface area (Å²) in [5.41, 5.74) is -1.26. The molecule has 1 amide bonds. The number of aromatic nitrogens is 2. The van der Waals surface area contributed by atoms with E-state index >= 15 is 0 Å². The van der Waals surface area contributed by atoms with Crippen molar-refractivity contribution >= 4 is 11.9 Å². The van der Waals surface area contributed by atoms with Gasteiger partial charge in [0, 0.05) is 32.2 Å². The van der Waals surface area contributed by atoms with Crippen molar-refractivity contribution in [3.8, 4) is 0 Å². The van der Waals surface area contributed by atoms with Crippen molar-refractivity contribution in [3.05, 3.63) is 57.5 Å². The molecule has 2 atom stereocenters. The molecule has 2 heterocycles. The van der Waals surface area contributed by atoms with Crippen LogP contribution < -0.4 is 15.8 Å².